The number of benzene rings is 1. The van der Waals surface area contributed by atoms with Crippen molar-refractivity contribution in [1.82, 2.24) is 10.6 Å². The Morgan fingerprint density at radius 2 is 2.16 bits per heavy atom. The van der Waals surface area contributed by atoms with Crippen molar-refractivity contribution in [3.05, 3.63) is 29.6 Å². The third-order valence-electron chi connectivity index (χ3n) is 2.33. The summed E-state index contributed by atoms with van der Waals surface area (Å²) in [6, 6.07) is 2.92. The SMILES string of the molecule is CNC(=O)NC(=O)C(C)Oc1ccc(F)cc1CO. The smallest absolute Gasteiger partial charge is 0.321 e. The molecule has 0 saturated heterocycles. The first-order chi connectivity index (χ1) is 8.97. The molecule has 3 amide bonds. The Labute approximate surface area is 109 Å². The molecule has 0 aliphatic carbocycles. The number of aliphatic hydroxyl groups excluding tert-OH is 1. The van der Waals surface area contributed by atoms with Crippen LogP contribution in [0.3, 0.4) is 0 Å². The van der Waals surface area contributed by atoms with Gasteiger partial charge < -0.3 is 15.2 Å². The van der Waals surface area contributed by atoms with E-state index in [4.69, 9.17) is 9.84 Å². The number of nitrogens with one attached hydrogen (secondary N) is 2. The molecular weight excluding hydrogens is 255 g/mol. The minimum Gasteiger partial charge on any atom is -0.481 e. The van der Waals surface area contributed by atoms with Crippen LogP contribution in [-0.4, -0.2) is 30.2 Å². The lowest BCUT2D eigenvalue weighted by molar-refractivity contribution is -0.126. The summed E-state index contributed by atoms with van der Waals surface area (Å²) in [7, 11) is 1.37. The van der Waals surface area contributed by atoms with E-state index in [-0.39, 0.29) is 11.3 Å². The van der Waals surface area contributed by atoms with Gasteiger partial charge in [0.05, 0.1) is 6.61 Å². The number of rotatable bonds is 4. The summed E-state index contributed by atoms with van der Waals surface area (Å²) >= 11 is 0. The molecule has 19 heavy (non-hydrogen) atoms. The Hall–Kier alpha value is -2.15. The van der Waals surface area contributed by atoms with E-state index in [1.807, 2.05) is 5.32 Å². The van der Waals surface area contributed by atoms with Crippen LogP contribution in [0.15, 0.2) is 18.2 Å². The summed E-state index contributed by atoms with van der Waals surface area (Å²) in [6.07, 6.45) is -0.965. The van der Waals surface area contributed by atoms with Crippen LogP contribution in [0, 0.1) is 5.82 Å². The van der Waals surface area contributed by atoms with Gasteiger partial charge in [-0.2, -0.15) is 0 Å². The number of carbonyl (C=O) groups excluding carboxylic acids is 2. The minimum absolute atomic E-state index is 0.184. The van der Waals surface area contributed by atoms with E-state index in [1.54, 1.807) is 0 Å². The maximum absolute atomic E-state index is 12.9. The van der Waals surface area contributed by atoms with Crippen molar-refractivity contribution in [3.63, 3.8) is 0 Å². The molecule has 0 bridgehead atoms. The van der Waals surface area contributed by atoms with Gasteiger partial charge >= 0.3 is 6.03 Å². The fourth-order valence-electron chi connectivity index (χ4n) is 1.31. The lowest BCUT2D eigenvalue weighted by atomic mass is 10.2. The highest BCUT2D eigenvalue weighted by atomic mass is 19.1. The third-order valence-corrected chi connectivity index (χ3v) is 2.33. The van der Waals surface area contributed by atoms with Crippen LogP contribution in [-0.2, 0) is 11.4 Å². The molecule has 0 aromatic heterocycles. The Morgan fingerprint density at radius 1 is 1.47 bits per heavy atom. The van der Waals surface area contributed by atoms with Gasteiger partial charge in [0.15, 0.2) is 6.10 Å². The van der Waals surface area contributed by atoms with Crippen LogP contribution in [0.2, 0.25) is 0 Å². The van der Waals surface area contributed by atoms with Crippen molar-refractivity contribution in [2.45, 2.75) is 19.6 Å². The van der Waals surface area contributed by atoms with Gasteiger partial charge in [-0.15, -0.1) is 0 Å². The molecule has 6 nitrogen and oxygen atoms in total. The van der Waals surface area contributed by atoms with Crippen molar-refractivity contribution in [3.8, 4) is 5.75 Å². The Bertz CT molecular complexity index is 479. The summed E-state index contributed by atoms with van der Waals surface area (Å²) in [5.41, 5.74) is 0.222. The second kappa shape index (κ2) is 6.69. The maximum Gasteiger partial charge on any atom is 0.321 e. The van der Waals surface area contributed by atoms with E-state index in [1.165, 1.54) is 20.0 Å². The molecule has 104 valence electrons. The fourth-order valence-corrected chi connectivity index (χ4v) is 1.31. The van der Waals surface area contributed by atoms with Crippen LogP contribution in [0.4, 0.5) is 9.18 Å². The first kappa shape index (κ1) is 14.9. The van der Waals surface area contributed by atoms with Crippen molar-refractivity contribution < 1.29 is 23.8 Å². The van der Waals surface area contributed by atoms with Gasteiger partial charge in [-0.3, -0.25) is 10.1 Å². The molecule has 1 unspecified atom stereocenters. The van der Waals surface area contributed by atoms with E-state index < -0.39 is 30.5 Å². The predicted octanol–water partition coefficient (Wildman–Crippen LogP) is 0.541. The summed E-state index contributed by atoms with van der Waals surface area (Å²) in [5, 5.41) is 13.3. The first-order valence-electron chi connectivity index (χ1n) is 5.56. The number of ether oxygens (including phenoxy) is 1. The highest BCUT2D eigenvalue weighted by Gasteiger charge is 2.18. The van der Waals surface area contributed by atoms with E-state index in [0.29, 0.717) is 0 Å². The zero-order valence-electron chi connectivity index (χ0n) is 10.6. The number of aliphatic hydroxyl groups is 1. The molecule has 3 N–H and O–H groups in total. The normalized spacial score (nSPS) is 11.6. The van der Waals surface area contributed by atoms with Crippen molar-refractivity contribution in [2.24, 2.45) is 0 Å². The lowest BCUT2D eigenvalue weighted by Crippen LogP contribution is -2.44. The van der Waals surface area contributed by atoms with E-state index >= 15 is 0 Å². The van der Waals surface area contributed by atoms with Gasteiger partial charge in [0, 0.05) is 12.6 Å². The highest BCUT2D eigenvalue weighted by molar-refractivity contribution is 5.96. The average Bonchev–Trinajstić information content (AvgIpc) is 2.40. The number of carbonyl (C=O) groups is 2. The number of halogens is 1. The Morgan fingerprint density at radius 3 is 2.74 bits per heavy atom. The second-order valence-electron chi connectivity index (χ2n) is 3.74. The molecule has 0 radical (unpaired) electrons. The van der Waals surface area contributed by atoms with Gasteiger partial charge in [-0.05, 0) is 25.1 Å². The highest BCUT2D eigenvalue weighted by Crippen LogP contribution is 2.20. The van der Waals surface area contributed by atoms with Gasteiger partial charge in [0.1, 0.15) is 11.6 Å². The minimum atomic E-state index is -0.965. The van der Waals surface area contributed by atoms with E-state index in [9.17, 15) is 14.0 Å². The van der Waals surface area contributed by atoms with Crippen molar-refractivity contribution in [2.75, 3.05) is 7.05 Å². The Kier molecular flexibility index (Phi) is 5.25. The maximum atomic E-state index is 12.9. The van der Waals surface area contributed by atoms with Crippen LogP contribution in [0.5, 0.6) is 5.75 Å². The number of hydrogen-bond acceptors (Lipinski definition) is 4. The number of urea groups is 1. The van der Waals surface area contributed by atoms with Gasteiger partial charge in [-0.1, -0.05) is 0 Å². The number of amides is 3. The van der Waals surface area contributed by atoms with Crippen LogP contribution >= 0.6 is 0 Å². The van der Waals surface area contributed by atoms with Gasteiger partial charge in [-0.25, -0.2) is 9.18 Å². The summed E-state index contributed by atoms with van der Waals surface area (Å²) in [6.45, 7) is 1.01. The number of hydrogen-bond donors (Lipinski definition) is 3. The monoisotopic (exact) mass is 270 g/mol. The van der Waals surface area contributed by atoms with Crippen molar-refractivity contribution >= 4 is 11.9 Å². The molecule has 1 atom stereocenters. The van der Waals surface area contributed by atoms with E-state index in [0.717, 1.165) is 12.1 Å². The second-order valence-corrected chi connectivity index (χ2v) is 3.74. The molecule has 0 saturated carbocycles. The summed E-state index contributed by atoms with van der Waals surface area (Å²) in [5.74, 6) is -0.977. The predicted molar refractivity (Wildman–Crippen MR) is 65.0 cm³/mol. The lowest BCUT2D eigenvalue weighted by Gasteiger charge is -2.16. The molecule has 1 aromatic rings. The molecule has 7 heteroatoms. The van der Waals surface area contributed by atoms with Crippen LogP contribution in [0.25, 0.3) is 0 Å². The third kappa shape index (κ3) is 4.22. The summed E-state index contributed by atoms with van der Waals surface area (Å²) in [4.78, 5) is 22.5. The van der Waals surface area contributed by atoms with Gasteiger partial charge in [0.25, 0.3) is 5.91 Å². The largest absolute Gasteiger partial charge is 0.481 e. The zero-order valence-corrected chi connectivity index (χ0v) is 10.6. The number of imide groups is 1. The van der Waals surface area contributed by atoms with E-state index in [2.05, 4.69) is 5.32 Å². The molecule has 0 fully saturated rings. The Balaban J connectivity index is 2.73. The molecule has 1 rings (SSSR count). The fraction of sp³-hybridized carbons (Fsp3) is 0.333. The first-order valence-corrected chi connectivity index (χ1v) is 5.56. The van der Waals surface area contributed by atoms with Crippen molar-refractivity contribution in [1.29, 1.82) is 0 Å². The molecule has 0 heterocycles. The molecular formula is C12H15FN2O4. The zero-order chi connectivity index (χ0) is 14.4. The molecule has 0 spiro atoms. The van der Waals surface area contributed by atoms with Crippen LogP contribution < -0.4 is 15.4 Å². The quantitative estimate of drug-likeness (QED) is 0.745. The average molecular weight is 270 g/mol. The van der Waals surface area contributed by atoms with Gasteiger partial charge in [0.2, 0.25) is 0 Å². The van der Waals surface area contributed by atoms with Crippen LogP contribution in [0.1, 0.15) is 12.5 Å². The topological polar surface area (TPSA) is 87.7 Å². The summed E-state index contributed by atoms with van der Waals surface area (Å²) < 4.78 is 18.2. The molecule has 1 aromatic carbocycles. The standard InChI is InChI=1S/C12H15FN2O4/c1-7(11(17)15-12(18)14-2)19-10-4-3-9(13)5-8(10)6-16/h3-5,7,16H,6H2,1-2H3,(H2,14,15,17,18). The molecule has 0 aliphatic heterocycles. The molecule has 0 aliphatic rings.